The Kier molecular flexibility index (Phi) is 3.91. The molecule has 0 radical (unpaired) electrons. The van der Waals surface area contributed by atoms with Crippen molar-refractivity contribution in [3.05, 3.63) is 16.1 Å². The second-order valence-corrected chi connectivity index (χ2v) is 5.08. The van der Waals surface area contributed by atoms with Gasteiger partial charge in [0, 0.05) is 18.6 Å². The summed E-state index contributed by atoms with van der Waals surface area (Å²) < 4.78 is 10.8. The molecule has 1 atom stereocenters. The smallest absolute Gasteiger partial charge is 0.119 e. The normalized spacial score (nSPS) is 25.1. The fraction of sp³-hybridized carbons (Fsp3) is 0.727. The summed E-state index contributed by atoms with van der Waals surface area (Å²) >= 11 is 1.61. The number of ether oxygens (including phenoxy) is 2. The predicted molar refractivity (Wildman–Crippen MR) is 63.4 cm³/mol. The lowest BCUT2D eigenvalue weighted by atomic mass is 9.97. The van der Waals surface area contributed by atoms with Crippen molar-refractivity contribution < 1.29 is 9.47 Å². The van der Waals surface area contributed by atoms with Crippen molar-refractivity contribution in [2.75, 3.05) is 19.8 Å². The summed E-state index contributed by atoms with van der Waals surface area (Å²) in [5.41, 5.74) is 6.80. The third-order valence-electron chi connectivity index (χ3n) is 2.69. The standard InChI is InChI=1S/C11H18N2O2S/c1-2-4-14-6-10-13-9(7-16-10)11(12)3-5-15-8-11/h7H,2-6,8,12H2,1H3. The van der Waals surface area contributed by atoms with E-state index in [-0.39, 0.29) is 5.54 Å². The molecule has 90 valence electrons. The second kappa shape index (κ2) is 5.23. The van der Waals surface area contributed by atoms with Crippen LogP contribution in [0.4, 0.5) is 0 Å². The Morgan fingerprint density at radius 3 is 3.25 bits per heavy atom. The minimum atomic E-state index is -0.375. The Morgan fingerprint density at radius 2 is 2.56 bits per heavy atom. The van der Waals surface area contributed by atoms with Gasteiger partial charge in [-0.3, -0.25) is 0 Å². The van der Waals surface area contributed by atoms with Crippen LogP contribution in [0, 0.1) is 0 Å². The van der Waals surface area contributed by atoms with Crippen LogP contribution < -0.4 is 5.73 Å². The van der Waals surface area contributed by atoms with Crippen LogP contribution in [0.2, 0.25) is 0 Å². The molecule has 1 saturated heterocycles. The summed E-state index contributed by atoms with van der Waals surface area (Å²) in [7, 11) is 0. The molecule has 5 heteroatoms. The van der Waals surface area contributed by atoms with Crippen molar-refractivity contribution in [2.24, 2.45) is 5.73 Å². The number of hydrogen-bond acceptors (Lipinski definition) is 5. The van der Waals surface area contributed by atoms with Gasteiger partial charge in [0.2, 0.25) is 0 Å². The quantitative estimate of drug-likeness (QED) is 0.798. The first-order valence-corrected chi connectivity index (χ1v) is 6.52. The molecule has 1 fully saturated rings. The third kappa shape index (κ3) is 2.60. The largest absolute Gasteiger partial charge is 0.379 e. The molecular formula is C11H18N2O2S. The van der Waals surface area contributed by atoms with Crippen LogP contribution in [0.1, 0.15) is 30.5 Å². The Bertz CT molecular complexity index is 334. The van der Waals surface area contributed by atoms with E-state index >= 15 is 0 Å². The molecule has 1 aromatic rings. The Morgan fingerprint density at radius 1 is 1.69 bits per heavy atom. The average molecular weight is 242 g/mol. The molecule has 1 aliphatic heterocycles. The van der Waals surface area contributed by atoms with Crippen molar-refractivity contribution in [1.29, 1.82) is 0 Å². The van der Waals surface area contributed by atoms with Crippen LogP contribution in [0.3, 0.4) is 0 Å². The van der Waals surface area contributed by atoms with Crippen LogP contribution >= 0.6 is 11.3 Å². The molecule has 0 aromatic carbocycles. The van der Waals surface area contributed by atoms with Gasteiger partial charge in [-0.05, 0) is 12.8 Å². The van der Waals surface area contributed by atoms with Crippen LogP contribution in [-0.2, 0) is 21.6 Å². The van der Waals surface area contributed by atoms with Crippen LogP contribution in [0.25, 0.3) is 0 Å². The fourth-order valence-corrected chi connectivity index (χ4v) is 2.53. The zero-order chi connectivity index (χ0) is 11.4. The molecule has 2 N–H and O–H groups in total. The minimum absolute atomic E-state index is 0.375. The minimum Gasteiger partial charge on any atom is -0.379 e. The summed E-state index contributed by atoms with van der Waals surface area (Å²) in [5.74, 6) is 0. The highest BCUT2D eigenvalue weighted by molar-refractivity contribution is 7.09. The van der Waals surface area contributed by atoms with E-state index in [1.54, 1.807) is 11.3 Å². The van der Waals surface area contributed by atoms with E-state index in [0.29, 0.717) is 13.2 Å². The van der Waals surface area contributed by atoms with E-state index in [1.807, 2.05) is 5.38 Å². The van der Waals surface area contributed by atoms with Gasteiger partial charge in [-0.2, -0.15) is 0 Å². The first-order valence-electron chi connectivity index (χ1n) is 5.64. The fourth-order valence-electron chi connectivity index (χ4n) is 1.69. The van der Waals surface area contributed by atoms with Gasteiger partial charge in [0.1, 0.15) is 5.01 Å². The van der Waals surface area contributed by atoms with Gasteiger partial charge in [-0.1, -0.05) is 6.92 Å². The van der Waals surface area contributed by atoms with Crippen molar-refractivity contribution in [3.8, 4) is 0 Å². The van der Waals surface area contributed by atoms with E-state index in [1.165, 1.54) is 0 Å². The maximum absolute atomic E-state index is 6.23. The number of aromatic nitrogens is 1. The molecule has 1 aliphatic rings. The maximum atomic E-state index is 6.23. The average Bonchev–Trinajstić information content (AvgIpc) is 2.88. The molecule has 4 nitrogen and oxygen atoms in total. The van der Waals surface area contributed by atoms with E-state index in [0.717, 1.165) is 36.8 Å². The molecule has 1 aromatic heterocycles. The van der Waals surface area contributed by atoms with Gasteiger partial charge < -0.3 is 15.2 Å². The van der Waals surface area contributed by atoms with Gasteiger partial charge in [-0.25, -0.2) is 4.98 Å². The van der Waals surface area contributed by atoms with Crippen molar-refractivity contribution in [1.82, 2.24) is 4.98 Å². The molecule has 0 saturated carbocycles. The highest BCUT2D eigenvalue weighted by atomic mass is 32.1. The molecular weight excluding hydrogens is 224 g/mol. The van der Waals surface area contributed by atoms with Gasteiger partial charge in [0.05, 0.1) is 24.4 Å². The third-order valence-corrected chi connectivity index (χ3v) is 3.51. The summed E-state index contributed by atoms with van der Waals surface area (Å²) in [5, 5.41) is 3.03. The maximum Gasteiger partial charge on any atom is 0.119 e. The number of hydrogen-bond donors (Lipinski definition) is 1. The van der Waals surface area contributed by atoms with E-state index in [4.69, 9.17) is 15.2 Å². The second-order valence-electron chi connectivity index (χ2n) is 4.14. The van der Waals surface area contributed by atoms with Crippen molar-refractivity contribution >= 4 is 11.3 Å². The summed E-state index contributed by atoms with van der Waals surface area (Å²) in [6.45, 7) is 4.78. The number of nitrogens with zero attached hydrogens (tertiary/aromatic N) is 1. The Hall–Kier alpha value is -0.490. The van der Waals surface area contributed by atoms with Crippen LogP contribution in [-0.4, -0.2) is 24.8 Å². The first-order chi connectivity index (χ1) is 7.74. The lowest BCUT2D eigenvalue weighted by Gasteiger charge is -2.18. The number of nitrogens with two attached hydrogens (primary N) is 1. The molecule has 1 unspecified atom stereocenters. The summed E-state index contributed by atoms with van der Waals surface area (Å²) in [6.07, 6.45) is 1.89. The number of rotatable bonds is 5. The summed E-state index contributed by atoms with van der Waals surface area (Å²) in [4.78, 5) is 4.52. The monoisotopic (exact) mass is 242 g/mol. The van der Waals surface area contributed by atoms with E-state index in [9.17, 15) is 0 Å². The highest BCUT2D eigenvalue weighted by Gasteiger charge is 2.34. The lowest BCUT2D eigenvalue weighted by Crippen LogP contribution is -2.37. The predicted octanol–water partition coefficient (Wildman–Crippen LogP) is 1.64. The van der Waals surface area contributed by atoms with Gasteiger partial charge in [0.15, 0.2) is 0 Å². The van der Waals surface area contributed by atoms with Gasteiger partial charge in [-0.15, -0.1) is 11.3 Å². The molecule has 0 spiro atoms. The topological polar surface area (TPSA) is 57.4 Å². The number of thiazole rings is 1. The molecule has 0 aliphatic carbocycles. The molecule has 0 bridgehead atoms. The highest BCUT2D eigenvalue weighted by Crippen LogP contribution is 2.28. The van der Waals surface area contributed by atoms with Gasteiger partial charge >= 0.3 is 0 Å². The van der Waals surface area contributed by atoms with Crippen LogP contribution in [0.5, 0.6) is 0 Å². The molecule has 0 amide bonds. The van der Waals surface area contributed by atoms with Crippen molar-refractivity contribution in [2.45, 2.75) is 31.9 Å². The molecule has 2 heterocycles. The SMILES string of the molecule is CCCOCc1nc(C2(N)CCOC2)cs1. The Labute approximate surface area is 99.8 Å². The van der Waals surface area contributed by atoms with Crippen molar-refractivity contribution in [3.63, 3.8) is 0 Å². The van der Waals surface area contributed by atoms with E-state index < -0.39 is 0 Å². The first kappa shape index (κ1) is 12.0. The zero-order valence-corrected chi connectivity index (χ0v) is 10.4. The van der Waals surface area contributed by atoms with Gasteiger partial charge in [0.25, 0.3) is 0 Å². The lowest BCUT2D eigenvalue weighted by molar-refractivity contribution is 0.121. The summed E-state index contributed by atoms with van der Waals surface area (Å²) in [6, 6.07) is 0. The molecule has 2 rings (SSSR count). The zero-order valence-electron chi connectivity index (χ0n) is 9.57. The van der Waals surface area contributed by atoms with Crippen LogP contribution in [0.15, 0.2) is 5.38 Å². The van der Waals surface area contributed by atoms with E-state index in [2.05, 4.69) is 11.9 Å². The molecule has 16 heavy (non-hydrogen) atoms. The Balaban J connectivity index is 1.96.